The first-order valence-corrected chi connectivity index (χ1v) is 14.3. The molecule has 1 saturated heterocycles. The summed E-state index contributed by atoms with van der Waals surface area (Å²) >= 11 is 14.6. The van der Waals surface area contributed by atoms with E-state index in [2.05, 4.69) is 11.2 Å². The van der Waals surface area contributed by atoms with E-state index >= 15 is 0 Å². The lowest BCUT2D eigenvalue weighted by Crippen LogP contribution is -2.55. The molecule has 2 aliphatic carbocycles. The third-order valence-electron chi connectivity index (χ3n) is 8.04. The van der Waals surface area contributed by atoms with Crippen molar-refractivity contribution in [3.05, 3.63) is 68.8 Å². The molecule has 1 aliphatic heterocycles. The maximum Gasteiger partial charge on any atom is 0.145 e. The lowest BCUT2D eigenvalue weighted by Gasteiger charge is -2.50. The fraction of sp³-hybridized carbons (Fsp3) is 0.429. The van der Waals surface area contributed by atoms with E-state index in [9.17, 15) is 5.11 Å². The van der Waals surface area contributed by atoms with Crippen LogP contribution in [0.3, 0.4) is 0 Å². The molecule has 3 fully saturated rings. The van der Waals surface area contributed by atoms with Crippen molar-refractivity contribution < 1.29 is 19.1 Å². The van der Waals surface area contributed by atoms with Crippen molar-refractivity contribution in [3.63, 3.8) is 0 Å². The third kappa shape index (κ3) is 4.11. The number of benzene rings is 2. The van der Waals surface area contributed by atoms with Crippen LogP contribution in [0.4, 0.5) is 0 Å². The minimum atomic E-state index is -1.01. The lowest BCUT2D eigenvalue weighted by atomic mass is 9.66. The summed E-state index contributed by atoms with van der Waals surface area (Å²) in [4.78, 5) is 4.83. The molecule has 2 unspecified atom stereocenters. The van der Waals surface area contributed by atoms with E-state index in [1.54, 1.807) is 11.3 Å². The van der Waals surface area contributed by atoms with Crippen molar-refractivity contribution in [2.75, 3.05) is 13.2 Å². The van der Waals surface area contributed by atoms with Gasteiger partial charge >= 0.3 is 0 Å². The number of hydrogen-bond donors (Lipinski definition) is 1. The van der Waals surface area contributed by atoms with Gasteiger partial charge in [-0.3, -0.25) is 0 Å². The number of halogens is 2. The van der Waals surface area contributed by atoms with Gasteiger partial charge in [0.2, 0.25) is 0 Å². The topological polar surface area (TPSA) is 77.6 Å². The number of fused-ring (bicyclic) bond motifs is 3. The van der Waals surface area contributed by atoms with E-state index in [-0.39, 0.29) is 17.9 Å². The van der Waals surface area contributed by atoms with Crippen molar-refractivity contribution >= 4 is 44.8 Å². The van der Waals surface area contributed by atoms with Gasteiger partial charge < -0.3 is 19.1 Å². The van der Waals surface area contributed by atoms with Gasteiger partial charge in [-0.25, -0.2) is 4.98 Å². The molecule has 7 rings (SSSR count). The second-order valence-corrected chi connectivity index (χ2v) is 12.2. The maximum atomic E-state index is 12.0. The van der Waals surface area contributed by atoms with Gasteiger partial charge in [0.25, 0.3) is 0 Å². The van der Waals surface area contributed by atoms with E-state index in [0.717, 1.165) is 39.4 Å². The van der Waals surface area contributed by atoms with Crippen molar-refractivity contribution in [1.82, 2.24) is 10.1 Å². The minimum absolute atomic E-state index is 0.0231. The molecule has 0 spiro atoms. The van der Waals surface area contributed by atoms with E-state index in [4.69, 9.17) is 42.2 Å². The minimum Gasteiger partial charge on any atom is -0.382 e. The van der Waals surface area contributed by atoms with E-state index < -0.39 is 5.60 Å². The molecule has 3 aliphatic rings. The number of rotatable bonds is 6. The van der Waals surface area contributed by atoms with Gasteiger partial charge in [0.05, 0.1) is 46.2 Å². The predicted molar refractivity (Wildman–Crippen MR) is 143 cm³/mol. The van der Waals surface area contributed by atoms with Crippen molar-refractivity contribution in [2.45, 2.75) is 49.9 Å². The van der Waals surface area contributed by atoms with Crippen LogP contribution in [0.5, 0.6) is 0 Å². The Hall–Kier alpha value is -2.00. The zero-order chi connectivity index (χ0) is 25.1. The Kier molecular flexibility index (Phi) is 6.07. The Morgan fingerprint density at radius 2 is 1.76 bits per heavy atom. The zero-order valence-electron chi connectivity index (χ0n) is 20.0. The summed E-state index contributed by atoms with van der Waals surface area (Å²) < 4.78 is 19.3. The van der Waals surface area contributed by atoms with Crippen LogP contribution >= 0.6 is 34.5 Å². The SMILES string of the molecule is OC1(c2nc3ccccc3s2)C2COCC1CC(OCc1c(-c3c(Cl)cccc3Cl)noc1C1CC1)C2. The van der Waals surface area contributed by atoms with Crippen molar-refractivity contribution in [1.29, 1.82) is 0 Å². The molecule has 1 N–H and O–H groups in total. The van der Waals surface area contributed by atoms with Crippen LogP contribution in [0.2, 0.25) is 10.0 Å². The van der Waals surface area contributed by atoms with Crippen LogP contribution in [0.15, 0.2) is 47.0 Å². The summed E-state index contributed by atoms with van der Waals surface area (Å²) in [7, 11) is 0. The first-order valence-electron chi connectivity index (χ1n) is 12.7. The molecular weight excluding hydrogens is 531 g/mol. The van der Waals surface area contributed by atoms with Gasteiger partial charge in [-0.1, -0.05) is 46.6 Å². The fourth-order valence-electron chi connectivity index (χ4n) is 5.94. The molecule has 0 radical (unpaired) electrons. The van der Waals surface area contributed by atoms with Gasteiger partial charge in [0.15, 0.2) is 0 Å². The number of hydrogen-bond acceptors (Lipinski definition) is 7. The summed E-state index contributed by atoms with van der Waals surface area (Å²) in [5.74, 6) is 1.06. The molecule has 2 saturated carbocycles. The van der Waals surface area contributed by atoms with Gasteiger partial charge in [-0.05, 0) is 49.9 Å². The molecule has 2 atom stereocenters. The van der Waals surface area contributed by atoms with Gasteiger partial charge in [-0.2, -0.15) is 0 Å². The predicted octanol–water partition coefficient (Wildman–Crippen LogP) is 6.96. The highest BCUT2D eigenvalue weighted by atomic mass is 35.5. The van der Waals surface area contributed by atoms with Crippen LogP contribution in [0.1, 0.15) is 47.9 Å². The van der Waals surface area contributed by atoms with Crippen LogP contribution in [-0.4, -0.2) is 34.6 Å². The van der Waals surface area contributed by atoms with Gasteiger partial charge in [0, 0.05) is 28.9 Å². The summed E-state index contributed by atoms with van der Waals surface area (Å²) in [6.45, 7) is 1.34. The summed E-state index contributed by atoms with van der Waals surface area (Å²) in [5, 5.41) is 18.3. The number of thiazole rings is 1. The summed E-state index contributed by atoms with van der Waals surface area (Å²) in [6.07, 6.45) is 3.52. The van der Waals surface area contributed by atoms with E-state index in [1.165, 1.54) is 0 Å². The molecule has 2 bridgehead atoms. The molecule has 2 aromatic heterocycles. The Morgan fingerprint density at radius 3 is 2.46 bits per heavy atom. The standard InChI is InChI=1S/C28H26Cl2N2O4S/c29-20-4-3-5-21(30)24(20)25-19(26(36-32-25)15-8-9-15)14-35-18-10-16-12-34-13-17(11-18)28(16,33)27-31-22-6-1-2-7-23(22)37-27/h1-7,15-18,33H,8-14H2. The highest BCUT2D eigenvalue weighted by Crippen LogP contribution is 2.51. The fourth-order valence-corrected chi connectivity index (χ4v) is 7.73. The maximum absolute atomic E-state index is 12.0. The second-order valence-electron chi connectivity index (χ2n) is 10.4. The zero-order valence-corrected chi connectivity index (χ0v) is 22.4. The van der Waals surface area contributed by atoms with Crippen LogP contribution in [0.25, 0.3) is 21.5 Å². The Bertz CT molecular complexity index is 1400. The van der Waals surface area contributed by atoms with E-state index in [0.29, 0.717) is 59.9 Å². The first-order chi connectivity index (χ1) is 18.0. The molecule has 4 aromatic rings. The Morgan fingerprint density at radius 1 is 1.03 bits per heavy atom. The van der Waals surface area contributed by atoms with Crippen molar-refractivity contribution in [2.24, 2.45) is 11.8 Å². The smallest absolute Gasteiger partial charge is 0.145 e. The monoisotopic (exact) mass is 556 g/mol. The number of aromatic nitrogens is 2. The molecule has 37 heavy (non-hydrogen) atoms. The van der Waals surface area contributed by atoms with Crippen LogP contribution in [-0.2, 0) is 21.7 Å². The largest absolute Gasteiger partial charge is 0.382 e. The molecule has 2 aromatic carbocycles. The number of nitrogens with zero attached hydrogens (tertiary/aromatic N) is 2. The normalized spacial score (nSPS) is 27.6. The summed E-state index contributed by atoms with van der Waals surface area (Å²) in [6, 6.07) is 13.5. The van der Waals surface area contributed by atoms with Gasteiger partial charge in [0.1, 0.15) is 22.1 Å². The highest BCUT2D eigenvalue weighted by Gasteiger charge is 2.55. The average molecular weight is 557 g/mol. The number of aliphatic hydroxyl groups is 1. The molecule has 192 valence electrons. The second kappa shape index (κ2) is 9.33. The van der Waals surface area contributed by atoms with Crippen LogP contribution in [0, 0.1) is 11.8 Å². The van der Waals surface area contributed by atoms with Gasteiger partial charge in [-0.15, -0.1) is 11.3 Å². The Balaban J connectivity index is 1.15. The van der Waals surface area contributed by atoms with Crippen LogP contribution < -0.4 is 0 Å². The average Bonchev–Trinajstić information content (AvgIpc) is 3.48. The number of ether oxygens (including phenoxy) is 2. The van der Waals surface area contributed by atoms with Crippen molar-refractivity contribution in [3.8, 4) is 11.3 Å². The Labute approximate surface area is 228 Å². The third-order valence-corrected chi connectivity index (χ3v) is 9.85. The molecular formula is C28H26Cl2N2O4S. The molecule has 6 nitrogen and oxygen atoms in total. The first kappa shape index (κ1) is 24.1. The molecule has 3 heterocycles. The van der Waals surface area contributed by atoms with E-state index in [1.807, 2.05) is 36.4 Å². The lowest BCUT2D eigenvalue weighted by molar-refractivity contribution is -0.209. The highest BCUT2D eigenvalue weighted by molar-refractivity contribution is 7.18. The quantitative estimate of drug-likeness (QED) is 0.276. The molecule has 0 amide bonds. The summed E-state index contributed by atoms with van der Waals surface area (Å²) in [5.41, 5.74) is 2.18. The number of para-hydroxylation sites is 1. The molecule has 9 heteroatoms.